The Morgan fingerprint density at radius 3 is 2.39 bits per heavy atom. The number of anilines is 1. The first-order valence-corrected chi connectivity index (χ1v) is 8.64. The van der Waals surface area contributed by atoms with E-state index in [-0.39, 0.29) is 11.5 Å². The van der Waals surface area contributed by atoms with Gasteiger partial charge < -0.3 is 15.2 Å². The molecule has 5 N–H and O–H groups in total. The number of ether oxygens (including phenoxy) is 2. The van der Waals surface area contributed by atoms with Crippen LogP contribution in [0, 0.1) is 6.92 Å². The summed E-state index contributed by atoms with van der Waals surface area (Å²) in [5.74, 6) is 6.27. The third kappa shape index (κ3) is 4.54. The number of nitrogens with one attached hydrogen (secondary N) is 1. The van der Waals surface area contributed by atoms with Crippen molar-refractivity contribution in [1.82, 2.24) is 15.4 Å². The minimum atomic E-state index is -0.491. The summed E-state index contributed by atoms with van der Waals surface area (Å²) >= 11 is 0. The van der Waals surface area contributed by atoms with Crippen LogP contribution in [0.25, 0.3) is 11.3 Å². The first kappa shape index (κ1) is 19.1. The Balaban J connectivity index is 1.75. The maximum atomic E-state index is 12.2. The number of aromatic nitrogens is 2. The lowest BCUT2D eigenvalue weighted by Crippen LogP contribution is -2.31. The second-order valence-electron chi connectivity index (χ2n) is 5.90. The summed E-state index contributed by atoms with van der Waals surface area (Å²) < 4.78 is 11.4. The van der Waals surface area contributed by atoms with Gasteiger partial charge in [-0.1, -0.05) is 30.3 Å². The maximum Gasteiger partial charge on any atom is 0.269 e. The zero-order chi connectivity index (χ0) is 19.9. The number of rotatable bonds is 7. The van der Waals surface area contributed by atoms with Gasteiger partial charge in [-0.2, -0.15) is 0 Å². The van der Waals surface area contributed by atoms with Crippen molar-refractivity contribution in [1.29, 1.82) is 0 Å². The minimum Gasteiger partial charge on any atom is -0.490 e. The van der Waals surface area contributed by atoms with Gasteiger partial charge in [-0.05, 0) is 31.2 Å². The maximum absolute atomic E-state index is 12.2. The molecule has 3 aromatic rings. The summed E-state index contributed by atoms with van der Waals surface area (Å²) in [6.07, 6.45) is 0. The van der Waals surface area contributed by atoms with Crippen molar-refractivity contribution in [2.75, 3.05) is 18.9 Å². The van der Waals surface area contributed by atoms with E-state index in [4.69, 9.17) is 21.1 Å². The lowest BCUT2D eigenvalue weighted by atomic mass is 10.0. The fourth-order valence-electron chi connectivity index (χ4n) is 2.72. The summed E-state index contributed by atoms with van der Waals surface area (Å²) in [4.78, 5) is 20.4. The van der Waals surface area contributed by atoms with E-state index in [1.165, 1.54) is 0 Å². The second kappa shape index (κ2) is 8.83. The van der Waals surface area contributed by atoms with Crippen molar-refractivity contribution in [2.45, 2.75) is 6.92 Å². The number of nitrogens with zero attached hydrogens (tertiary/aromatic N) is 2. The summed E-state index contributed by atoms with van der Waals surface area (Å²) in [6.45, 7) is 2.43. The van der Waals surface area contributed by atoms with Gasteiger partial charge in [0.25, 0.3) is 5.91 Å². The molecule has 0 atom stereocenters. The molecule has 0 saturated heterocycles. The van der Waals surface area contributed by atoms with Gasteiger partial charge in [-0.25, -0.2) is 15.8 Å². The number of hydrogen-bond acceptors (Lipinski definition) is 7. The molecule has 144 valence electrons. The van der Waals surface area contributed by atoms with Gasteiger partial charge in [0.2, 0.25) is 5.95 Å². The van der Waals surface area contributed by atoms with Gasteiger partial charge in [-0.15, -0.1) is 0 Å². The summed E-state index contributed by atoms with van der Waals surface area (Å²) in [6, 6.07) is 16.7. The molecular weight excluding hydrogens is 358 g/mol. The molecule has 28 heavy (non-hydrogen) atoms. The molecule has 1 aromatic heterocycles. The summed E-state index contributed by atoms with van der Waals surface area (Å²) in [5.41, 5.74) is 9.64. The standard InChI is InChI=1S/C20H21N5O3/c1-13-17(19(26)25-22)18(24-20(21)23-13)14-6-5-9-16(12-14)28-11-10-27-15-7-3-2-4-8-15/h2-9,12H,10-11,22H2,1H3,(H,25,26)(H2,21,23,24). The molecular formula is C20H21N5O3. The van der Waals surface area contributed by atoms with Crippen molar-refractivity contribution >= 4 is 11.9 Å². The summed E-state index contributed by atoms with van der Waals surface area (Å²) in [7, 11) is 0. The van der Waals surface area contributed by atoms with Gasteiger partial charge in [0.05, 0.1) is 17.0 Å². The quantitative estimate of drug-likeness (QED) is 0.248. The van der Waals surface area contributed by atoms with Gasteiger partial charge in [0.1, 0.15) is 24.7 Å². The molecule has 0 aliphatic heterocycles. The lowest BCUT2D eigenvalue weighted by molar-refractivity contribution is 0.0953. The Hall–Kier alpha value is -3.65. The predicted octanol–water partition coefficient (Wildman–Crippen LogP) is 2.10. The Morgan fingerprint density at radius 1 is 1.00 bits per heavy atom. The van der Waals surface area contributed by atoms with Crippen LogP contribution >= 0.6 is 0 Å². The van der Waals surface area contributed by atoms with Crippen molar-refractivity contribution in [3.63, 3.8) is 0 Å². The molecule has 0 aliphatic rings. The third-order valence-corrected chi connectivity index (χ3v) is 3.94. The first-order valence-electron chi connectivity index (χ1n) is 8.64. The fraction of sp³-hybridized carbons (Fsp3) is 0.150. The molecule has 0 fully saturated rings. The topological polar surface area (TPSA) is 125 Å². The molecule has 0 saturated carbocycles. The van der Waals surface area contributed by atoms with Crippen LogP contribution in [-0.2, 0) is 0 Å². The van der Waals surface area contributed by atoms with E-state index in [9.17, 15) is 4.79 Å². The molecule has 2 aromatic carbocycles. The predicted molar refractivity (Wildman–Crippen MR) is 106 cm³/mol. The molecule has 0 unspecified atom stereocenters. The molecule has 8 nitrogen and oxygen atoms in total. The van der Waals surface area contributed by atoms with Crippen molar-refractivity contribution in [3.05, 3.63) is 65.9 Å². The van der Waals surface area contributed by atoms with Crippen LogP contribution in [0.2, 0.25) is 0 Å². The molecule has 1 heterocycles. The highest BCUT2D eigenvalue weighted by Crippen LogP contribution is 2.27. The van der Waals surface area contributed by atoms with Crippen LogP contribution in [0.4, 0.5) is 5.95 Å². The van der Waals surface area contributed by atoms with Gasteiger partial charge in [0, 0.05) is 5.56 Å². The Kier molecular flexibility index (Phi) is 6.03. The number of hydrogen-bond donors (Lipinski definition) is 3. The van der Waals surface area contributed by atoms with Crippen LogP contribution in [-0.4, -0.2) is 29.1 Å². The average Bonchev–Trinajstić information content (AvgIpc) is 2.71. The number of nitrogens with two attached hydrogens (primary N) is 2. The fourth-order valence-corrected chi connectivity index (χ4v) is 2.72. The number of aryl methyl sites for hydroxylation is 1. The number of para-hydroxylation sites is 1. The molecule has 3 rings (SSSR count). The van der Waals surface area contributed by atoms with Gasteiger partial charge in [0.15, 0.2) is 0 Å². The van der Waals surface area contributed by atoms with E-state index in [0.717, 1.165) is 5.75 Å². The first-order chi connectivity index (χ1) is 13.6. The minimum absolute atomic E-state index is 0.0728. The summed E-state index contributed by atoms with van der Waals surface area (Å²) in [5, 5.41) is 0. The van der Waals surface area contributed by atoms with E-state index in [1.54, 1.807) is 19.1 Å². The Labute approximate surface area is 162 Å². The molecule has 1 amide bonds. The highest BCUT2D eigenvalue weighted by Gasteiger charge is 2.19. The number of benzene rings is 2. The van der Waals surface area contributed by atoms with Crippen LogP contribution in [0.5, 0.6) is 11.5 Å². The molecule has 0 radical (unpaired) electrons. The zero-order valence-corrected chi connectivity index (χ0v) is 15.4. The van der Waals surface area contributed by atoms with E-state index in [2.05, 4.69) is 15.4 Å². The van der Waals surface area contributed by atoms with Crippen LogP contribution in [0.1, 0.15) is 16.1 Å². The van der Waals surface area contributed by atoms with Crippen molar-refractivity contribution in [3.8, 4) is 22.8 Å². The zero-order valence-electron chi connectivity index (χ0n) is 15.4. The second-order valence-corrected chi connectivity index (χ2v) is 5.90. The largest absolute Gasteiger partial charge is 0.490 e. The van der Waals surface area contributed by atoms with E-state index in [0.29, 0.717) is 35.9 Å². The van der Waals surface area contributed by atoms with E-state index < -0.39 is 5.91 Å². The molecule has 0 aliphatic carbocycles. The highest BCUT2D eigenvalue weighted by atomic mass is 16.5. The van der Waals surface area contributed by atoms with Crippen LogP contribution < -0.4 is 26.5 Å². The monoisotopic (exact) mass is 379 g/mol. The van der Waals surface area contributed by atoms with Gasteiger partial charge in [-0.3, -0.25) is 10.2 Å². The molecule has 8 heteroatoms. The lowest BCUT2D eigenvalue weighted by Gasteiger charge is -2.13. The smallest absolute Gasteiger partial charge is 0.269 e. The van der Waals surface area contributed by atoms with Crippen LogP contribution in [0.15, 0.2) is 54.6 Å². The number of carbonyl (C=O) groups is 1. The molecule has 0 bridgehead atoms. The van der Waals surface area contributed by atoms with E-state index in [1.807, 2.05) is 42.5 Å². The van der Waals surface area contributed by atoms with Gasteiger partial charge >= 0.3 is 0 Å². The average molecular weight is 379 g/mol. The number of nitrogen functional groups attached to an aromatic ring is 2. The Bertz CT molecular complexity index is 963. The normalized spacial score (nSPS) is 10.4. The number of hydrazine groups is 1. The third-order valence-electron chi connectivity index (χ3n) is 3.94. The number of carbonyl (C=O) groups excluding carboxylic acids is 1. The van der Waals surface area contributed by atoms with E-state index >= 15 is 0 Å². The van der Waals surface area contributed by atoms with Crippen LogP contribution in [0.3, 0.4) is 0 Å². The Morgan fingerprint density at radius 2 is 1.68 bits per heavy atom. The SMILES string of the molecule is Cc1nc(N)nc(-c2cccc(OCCOc3ccccc3)c2)c1C(=O)NN. The van der Waals surface area contributed by atoms with Crippen molar-refractivity contribution in [2.24, 2.45) is 5.84 Å². The highest BCUT2D eigenvalue weighted by molar-refractivity contribution is 6.00. The molecule has 0 spiro atoms. The van der Waals surface area contributed by atoms with Crippen molar-refractivity contribution < 1.29 is 14.3 Å². The number of amides is 1.